The Balaban J connectivity index is 1.52. The van der Waals surface area contributed by atoms with Gasteiger partial charge in [0.05, 0.1) is 24.9 Å². The number of carbonyl (C=O) groups excluding carboxylic acids is 2. The molecule has 4 heterocycles. The van der Waals surface area contributed by atoms with Crippen LogP contribution in [0.5, 0.6) is 0 Å². The lowest BCUT2D eigenvalue weighted by molar-refractivity contribution is 0.0580. The number of anilines is 3. The maximum Gasteiger partial charge on any atom is 0.415 e. The van der Waals surface area contributed by atoms with Crippen LogP contribution >= 0.6 is 0 Å². The molecule has 0 radical (unpaired) electrons. The molecule has 220 valence electrons. The first-order valence-electron chi connectivity index (χ1n) is 13.9. The highest BCUT2D eigenvalue weighted by molar-refractivity contribution is 6.00. The summed E-state index contributed by atoms with van der Waals surface area (Å²) >= 11 is 0. The van der Waals surface area contributed by atoms with E-state index in [0.717, 1.165) is 12.8 Å². The predicted molar refractivity (Wildman–Crippen MR) is 152 cm³/mol. The molecular weight excluding hydrogens is 530 g/mol. The molecule has 13 nitrogen and oxygen atoms in total. The van der Waals surface area contributed by atoms with Crippen molar-refractivity contribution < 1.29 is 24.2 Å². The summed E-state index contributed by atoms with van der Waals surface area (Å²) in [6.07, 6.45) is 5.54. The lowest BCUT2D eigenvalue weighted by atomic mass is 10.1. The van der Waals surface area contributed by atoms with Crippen molar-refractivity contribution in [1.82, 2.24) is 24.5 Å². The number of aromatic nitrogens is 4. The third kappa shape index (κ3) is 6.35. The quantitative estimate of drug-likeness (QED) is 0.408. The molecule has 13 heteroatoms. The van der Waals surface area contributed by atoms with Crippen LogP contribution in [0.4, 0.5) is 22.1 Å². The van der Waals surface area contributed by atoms with Crippen LogP contribution in [0.15, 0.2) is 35.4 Å². The third-order valence-electron chi connectivity index (χ3n) is 7.22. The number of hydrogen-bond donors (Lipinski definition) is 3. The minimum absolute atomic E-state index is 0.0680. The van der Waals surface area contributed by atoms with Crippen molar-refractivity contribution in [2.45, 2.75) is 76.7 Å². The molecule has 1 saturated heterocycles. The molecule has 2 fully saturated rings. The molecule has 1 aliphatic heterocycles. The van der Waals surface area contributed by atoms with Crippen LogP contribution < -0.4 is 21.1 Å². The minimum atomic E-state index is -0.739. The molecule has 0 aromatic carbocycles. The Bertz CT molecular complexity index is 1490. The summed E-state index contributed by atoms with van der Waals surface area (Å²) in [4.78, 5) is 45.6. The van der Waals surface area contributed by atoms with Gasteiger partial charge in [-0.1, -0.05) is 0 Å². The lowest BCUT2D eigenvalue weighted by Gasteiger charge is -2.25. The van der Waals surface area contributed by atoms with E-state index in [1.54, 1.807) is 49.7 Å². The topological polar surface area (TPSA) is 152 Å². The number of hydrogen-bond acceptors (Lipinski definition) is 9. The summed E-state index contributed by atoms with van der Waals surface area (Å²) in [5.74, 6) is 0.122. The van der Waals surface area contributed by atoms with Gasteiger partial charge in [0, 0.05) is 32.0 Å². The molecule has 3 aromatic heterocycles. The fourth-order valence-electron chi connectivity index (χ4n) is 5.16. The van der Waals surface area contributed by atoms with Crippen molar-refractivity contribution in [3.8, 4) is 0 Å². The van der Waals surface area contributed by atoms with E-state index >= 15 is 0 Å². The van der Waals surface area contributed by atoms with Crippen LogP contribution in [0, 0.1) is 0 Å². The molecule has 0 unspecified atom stereocenters. The molecule has 41 heavy (non-hydrogen) atoms. The SMILES string of the molecule is CN(C(=O)OC(C)(C)C)c1cc(Nc2cccn([C@H]3CCCOC3)c2=O)nc2c(C(=O)N[C@@H]3CC[C@@H](O)C3)cnn12. The lowest BCUT2D eigenvalue weighted by Crippen LogP contribution is -2.35. The zero-order valence-electron chi connectivity index (χ0n) is 23.8. The first-order chi connectivity index (χ1) is 19.5. The summed E-state index contributed by atoms with van der Waals surface area (Å²) < 4.78 is 14.2. The van der Waals surface area contributed by atoms with Gasteiger partial charge in [-0.25, -0.2) is 9.78 Å². The van der Waals surface area contributed by atoms with Gasteiger partial charge in [0.15, 0.2) is 5.65 Å². The van der Waals surface area contributed by atoms with E-state index in [1.807, 2.05) is 0 Å². The second kappa shape index (κ2) is 11.5. The third-order valence-corrected chi connectivity index (χ3v) is 7.22. The number of nitrogens with one attached hydrogen (secondary N) is 2. The maximum absolute atomic E-state index is 13.4. The maximum atomic E-state index is 13.4. The highest BCUT2D eigenvalue weighted by Crippen LogP contribution is 2.26. The Kier molecular flexibility index (Phi) is 8.00. The Morgan fingerprint density at radius 1 is 1.24 bits per heavy atom. The van der Waals surface area contributed by atoms with Crippen molar-refractivity contribution in [3.05, 3.63) is 46.5 Å². The molecule has 5 rings (SSSR count). The van der Waals surface area contributed by atoms with Crippen LogP contribution in [0.1, 0.15) is 69.3 Å². The van der Waals surface area contributed by atoms with Crippen LogP contribution in [0.25, 0.3) is 5.65 Å². The van der Waals surface area contributed by atoms with Gasteiger partial charge in [-0.3, -0.25) is 14.5 Å². The van der Waals surface area contributed by atoms with Gasteiger partial charge in [0.1, 0.15) is 28.5 Å². The van der Waals surface area contributed by atoms with E-state index in [0.29, 0.717) is 32.5 Å². The molecule has 0 bridgehead atoms. The second-order valence-electron chi connectivity index (χ2n) is 11.6. The number of aliphatic hydroxyl groups excluding tert-OH is 1. The Morgan fingerprint density at radius 3 is 2.73 bits per heavy atom. The average molecular weight is 568 g/mol. The van der Waals surface area contributed by atoms with Crippen molar-refractivity contribution in [3.63, 3.8) is 0 Å². The molecule has 2 amide bonds. The standard InChI is InChI=1S/C28H37N7O6/c1-28(2,3)41-27(39)33(4)23-14-22(31-21-8-5-11-34(26(21)38)18-7-6-12-40-16-18)32-24-20(15-29-35(23)24)25(37)30-17-9-10-19(36)13-17/h5,8,11,14-15,17-19,36H,6-7,9-10,12-13,16H2,1-4H3,(H,30,37)(H,31,32)/t17-,18+,19-/m1/s1. The second-order valence-corrected chi connectivity index (χ2v) is 11.6. The highest BCUT2D eigenvalue weighted by Gasteiger charge is 2.28. The Labute approximate surface area is 237 Å². The minimum Gasteiger partial charge on any atom is -0.443 e. The van der Waals surface area contributed by atoms with Crippen LogP contribution in [0.3, 0.4) is 0 Å². The molecule has 1 aliphatic carbocycles. The van der Waals surface area contributed by atoms with Gasteiger partial charge in [-0.05, 0) is 65.0 Å². The Hall–Kier alpha value is -3.97. The fraction of sp³-hybridized carbons (Fsp3) is 0.536. The zero-order valence-corrected chi connectivity index (χ0v) is 23.8. The normalized spacial score (nSPS) is 21.0. The summed E-state index contributed by atoms with van der Waals surface area (Å²) in [5, 5.41) is 20.3. The van der Waals surface area contributed by atoms with Crippen molar-refractivity contribution in [1.29, 1.82) is 0 Å². The number of fused-ring (bicyclic) bond motifs is 1. The molecule has 3 aromatic rings. The number of aliphatic hydroxyl groups is 1. The first kappa shape index (κ1) is 28.6. The van der Waals surface area contributed by atoms with Crippen molar-refractivity contribution in [2.24, 2.45) is 0 Å². The van der Waals surface area contributed by atoms with Gasteiger partial charge in [-0.2, -0.15) is 9.61 Å². The number of ether oxygens (including phenoxy) is 2. The molecule has 1 saturated carbocycles. The van der Waals surface area contributed by atoms with Gasteiger partial charge >= 0.3 is 6.09 Å². The molecular formula is C28H37N7O6. The van der Waals surface area contributed by atoms with Crippen molar-refractivity contribution >= 4 is 35.0 Å². The van der Waals surface area contributed by atoms with Crippen LogP contribution in [0.2, 0.25) is 0 Å². The van der Waals surface area contributed by atoms with Gasteiger partial charge in [0.2, 0.25) is 0 Å². The van der Waals surface area contributed by atoms with E-state index in [9.17, 15) is 19.5 Å². The molecule has 3 atom stereocenters. The summed E-state index contributed by atoms with van der Waals surface area (Å²) in [5.41, 5.74) is -0.311. The molecule has 3 N–H and O–H groups in total. The van der Waals surface area contributed by atoms with Gasteiger partial charge in [-0.15, -0.1) is 0 Å². The summed E-state index contributed by atoms with van der Waals surface area (Å²) in [6, 6.07) is 4.77. The fourth-order valence-corrected chi connectivity index (χ4v) is 5.16. The van der Waals surface area contributed by atoms with E-state index in [-0.39, 0.29) is 46.2 Å². The predicted octanol–water partition coefficient (Wildman–Crippen LogP) is 3.00. The number of pyridine rings is 1. The van der Waals surface area contributed by atoms with Gasteiger partial charge in [0.25, 0.3) is 11.5 Å². The zero-order chi connectivity index (χ0) is 29.3. The number of amides is 2. The monoisotopic (exact) mass is 567 g/mol. The van der Waals surface area contributed by atoms with Crippen molar-refractivity contribution in [2.75, 3.05) is 30.5 Å². The van der Waals surface area contributed by atoms with E-state index in [4.69, 9.17) is 9.47 Å². The molecule has 0 spiro atoms. The largest absolute Gasteiger partial charge is 0.443 e. The summed E-state index contributed by atoms with van der Waals surface area (Å²) in [7, 11) is 1.53. The van der Waals surface area contributed by atoms with Gasteiger partial charge < -0.3 is 29.8 Å². The number of nitrogens with zero attached hydrogens (tertiary/aromatic N) is 5. The molecule has 2 aliphatic rings. The number of rotatable bonds is 6. The number of carbonyl (C=O) groups is 2. The smallest absolute Gasteiger partial charge is 0.415 e. The first-order valence-corrected chi connectivity index (χ1v) is 13.9. The van der Waals surface area contributed by atoms with E-state index < -0.39 is 23.7 Å². The van der Waals surface area contributed by atoms with E-state index in [1.165, 1.54) is 22.7 Å². The Morgan fingerprint density at radius 2 is 2.05 bits per heavy atom. The highest BCUT2D eigenvalue weighted by atomic mass is 16.6. The van der Waals surface area contributed by atoms with Crippen LogP contribution in [-0.4, -0.2) is 74.3 Å². The summed E-state index contributed by atoms with van der Waals surface area (Å²) in [6.45, 7) is 6.44. The average Bonchev–Trinajstić information content (AvgIpc) is 3.54. The van der Waals surface area contributed by atoms with Crippen LogP contribution in [-0.2, 0) is 9.47 Å². The van der Waals surface area contributed by atoms with E-state index in [2.05, 4.69) is 20.7 Å².